The number of carbonyl (C=O) groups excluding carboxylic acids is 1. The van der Waals surface area contributed by atoms with E-state index < -0.39 is 6.04 Å². The number of anilines is 1. The van der Waals surface area contributed by atoms with Crippen LogP contribution in [0.25, 0.3) is 0 Å². The first-order chi connectivity index (χ1) is 9.38. The number of hydrogen-bond donors (Lipinski definition) is 2. The minimum absolute atomic E-state index is 0.186. The average molecular weight is 280 g/mol. The maximum atomic E-state index is 12.0. The lowest BCUT2D eigenvalue weighted by molar-refractivity contribution is -0.117. The number of amides is 1. The van der Waals surface area contributed by atoms with Crippen molar-refractivity contribution in [3.05, 3.63) is 17.7 Å². The lowest BCUT2D eigenvalue weighted by atomic mass is 10.0. The molecule has 5 nitrogen and oxygen atoms in total. The van der Waals surface area contributed by atoms with Crippen LogP contribution in [0.4, 0.5) is 5.69 Å². The molecule has 0 radical (unpaired) electrons. The first kappa shape index (κ1) is 16.3. The molecular formula is C15H24N2O3. The van der Waals surface area contributed by atoms with E-state index in [0.29, 0.717) is 29.5 Å². The van der Waals surface area contributed by atoms with Crippen LogP contribution in [-0.4, -0.2) is 26.2 Å². The van der Waals surface area contributed by atoms with Gasteiger partial charge >= 0.3 is 0 Å². The molecule has 0 saturated carbocycles. The Hall–Kier alpha value is -1.75. The van der Waals surface area contributed by atoms with E-state index in [4.69, 9.17) is 15.2 Å². The van der Waals surface area contributed by atoms with E-state index in [1.54, 1.807) is 20.3 Å². The summed E-state index contributed by atoms with van der Waals surface area (Å²) in [6.07, 6.45) is 0.651. The van der Waals surface area contributed by atoms with E-state index in [1.807, 2.05) is 26.8 Å². The van der Waals surface area contributed by atoms with Gasteiger partial charge in [-0.3, -0.25) is 4.79 Å². The lowest BCUT2D eigenvalue weighted by Crippen LogP contribution is -2.36. The molecule has 3 N–H and O–H groups in total. The largest absolute Gasteiger partial charge is 0.493 e. The van der Waals surface area contributed by atoms with Crippen molar-refractivity contribution < 1.29 is 14.3 Å². The topological polar surface area (TPSA) is 73.6 Å². The van der Waals surface area contributed by atoms with E-state index in [9.17, 15) is 4.79 Å². The Bertz CT molecular complexity index is 472. The molecule has 0 bridgehead atoms. The Morgan fingerprint density at radius 2 is 1.80 bits per heavy atom. The van der Waals surface area contributed by atoms with E-state index in [1.165, 1.54) is 0 Å². The van der Waals surface area contributed by atoms with Crippen LogP contribution in [0.3, 0.4) is 0 Å². The van der Waals surface area contributed by atoms with Gasteiger partial charge < -0.3 is 20.5 Å². The highest BCUT2D eigenvalue weighted by Gasteiger charge is 2.17. The van der Waals surface area contributed by atoms with Crippen molar-refractivity contribution in [3.8, 4) is 11.5 Å². The molecule has 112 valence electrons. The summed E-state index contributed by atoms with van der Waals surface area (Å²) in [6.45, 7) is 5.97. The summed E-state index contributed by atoms with van der Waals surface area (Å²) in [7, 11) is 3.14. The van der Waals surface area contributed by atoms with Gasteiger partial charge in [0.1, 0.15) is 0 Å². The quantitative estimate of drug-likeness (QED) is 0.838. The van der Waals surface area contributed by atoms with Crippen molar-refractivity contribution in [2.75, 3.05) is 19.5 Å². The van der Waals surface area contributed by atoms with Gasteiger partial charge in [-0.05, 0) is 30.9 Å². The maximum Gasteiger partial charge on any atom is 0.241 e. The summed E-state index contributed by atoms with van der Waals surface area (Å²) in [5, 5.41) is 2.84. The number of benzene rings is 1. The Morgan fingerprint density at radius 3 is 2.30 bits per heavy atom. The monoisotopic (exact) mass is 280 g/mol. The van der Waals surface area contributed by atoms with E-state index in [0.717, 1.165) is 5.56 Å². The van der Waals surface area contributed by atoms with Gasteiger partial charge in [-0.25, -0.2) is 0 Å². The zero-order chi connectivity index (χ0) is 15.3. The normalized spacial score (nSPS) is 12.2. The minimum atomic E-state index is -0.512. The predicted molar refractivity (Wildman–Crippen MR) is 80.3 cm³/mol. The number of methoxy groups -OCH3 is 2. The van der Waals surface area contributed by atoms with E-state index in [-0.39, 0.29) is 5.91 Å². The highest BCUT2D eigenvalue weighted by Crippen LogP contribution is 2.32. The lowest BCUT2D eigenvalue weighted by Gasteiger charge is -2.17. The molecule has 1 amide bonds. The van der Waals surface area contributed by atoms with Crippen LogP contribution in [-0.2, 0) is 4.79 Å². The van der Waals surface area contributed by atoms with Gasteiger partial charge in [-0.1, -0.05) is 13.8 Å². The van der Waals surface area contributed by atoms with Crippen molar-refractivity contribution >= 4 is 11.6 Å². The van der Waals surface area contributed by atoms with Gasteiger partial charge in [-0.2, -0.15) is 0 Å². The Labute approximate surface area is 120 Å². The standard InChI is InChI=1S/C15H24N2O3/c1-9(2)6-11(16)15(18)17-12-8-14(20-5)13(19-4)7-10(12)3/h7-9,11H,6,16H2,1-5H3,(H,17,18)/t11-/m0/s1. The highest BCUT2D eigenvalue weighted by molar-refractivity contribution is 5.95. The summed E-state index contributed by atoms with van der Waals surface area (Å²) in [5.74, 6) is 1.40. The molecular weight excluding hydrogens is 256 g/mol. The molecule has 0 unspecified atom stereocenters. The molecule has 20 heavy (non-hydrogen) atoms. The Kier molecular flexibility index (Phi) is 5.82. The van der Waals surface area contributed by atoms with E-state index >= 15 is 0 Å². The summed E-state index contributed by atoms with van der Waals surface area (Å²) in [6, 6.07) is 3.05. The third-order valence-corrected chi connectivity index (χ3v) is 3.05. The number of carbonyl (C=O) groups is 1. The fourth-order valence-electron chi connectivity index (χ4n) is 1.96. The van der Waals surface area contributed by atoms with Crippen LogP contribution in [0.1, 0.15) is 25.8 Å². The number of rotatable bonds is 6. The molecule has 0 saturated heterocycles. The number of nitrogens with two attached hydrogens (primary N) is 1. The summed E-state index contributed by atoms with van der Waals surface area (Å²) in [5.41, 5.74) is 7.46. The third-order valence-electron chi connectivity index (χ3n) is 3.05. The van der Waals surface area contributed by atoms with Crippen LogP contribution in [0.5, 0.6) is 11.5 Å². The van der Waals surface area contributed by atoms with Gasteiger partial charge in [-0.15, -0.1) is 0 Å². The molecule has 0 aliphatic carbocycles. The van der Waals surface area contributed by atoms with Crippen LogP contribution in [0.15, 0.2) is 12.1 Å². The molecule has 1 atom stereocenters. The van der Waals surface area contributed by atoms with Crippen molar-refractivity contribution in [1.82, 2.24) is 0 Å². The fourth-order valence-corrected chi connectivity index (χ4v) is 1.96. The third kappa shape index (κ3) is 4.13. The second-order valence-electron chi connectivity index (χ2n) is 5.25. The van der Waals surface area contributed by atoms with Crippen molar-refractivity contribution in [2.24, 2.45) is 11.7 Å². The zero-order valence-corrected chi connectivity index (χ0v) is 12.8. The summed E-state index contributed by atoms with van der Waals surface area (Å²) >= 11 is 0. The van der Waals surface area contributed by atoms with Gasteiger partial charge in [0.2, 0.25) is 5.91 Å². The van der Waals surface area contributed by atoms with Crippen LogP contribution < -0.4 is 20.5 Å². The Morgan fingerprint density at radius 1 is 1.25 bits per heavy atom. The number of hydrogen-bond acceptors (Lipinski definition) is 4. The molecule has 0 heterocycles. The summed E-state index contributed by atoms with van der Waals surface area (Å²) < 4.78 is 10.4. The zero-order valence-electron chi connectivity index (χ0n) is 12.8. The van der Waals surface area contributed by atoms with Gasteiger partial charge in [0.05, 0.1) is 20.3 Å². The average Bonchev–Trinajstić information content (AvgIpc) is 2.39. The number of aryl methyl sites for hydroxylation is 1. The second kappa shape index (κ2) is 7.14. The first-order valence-electron chi connectivity index (χ1n) is 6.68. The van der Waals surface area contributed by atoms with Crippen molar-refractivity contribution in [1.29, 1.82) is 0 Å². The SMILES string of the molecule is COc1cc(C)c(NC(=O)[C@@H](N)CC(C)C)cc1OC. The second-order valence-corrected chi connectivity index (χ2v) is 5.25. The molecule has 1 aromatic rings. The molecule has 1 aromatic carbocycles. The highest BCUT2D eigenvalue weighted by atomic mass is 16.5. The van der Waals surface area contributed by atoms with Crippen LogP contribution >= 0.6 is 0 Å². The van der Waals surface area contributed by atoms with Gasteiger partial charge in [0.25, 0.3) is 0 Å². The van der Waals surface area contributed by atoms with Crippen LogP contribution in [0, 0.1) is 12.8 Å². The molecule has 0 aromatic heterocycles. The molecule has 1 rings (SSSR count). The molecule has 5 heteroatoms. The van der Waals surface area contributed by atoms with Crippen molar-refractivity contribution in [2.45, 2.75) is 33.2 Å². The molecule has 0 spiro atoms. The Balaban J connectivity index is 2.89. The van der Waals surface area contributed by atoms with Crippen molar-refractivity contribution in [3.63, 3.8) is 0 Å². The molecule has 0 fully saturated rings. The van der Waals surface area contributed by atoms with Crippen LogP contribution in [0.2, 0.25) is 0 Å². The smallest absolute Gasteiger partial charge is 0.241 e. The molecule has 0 aliphatic heterocycles. The maximum absolute atomic E-state index is 12.0. The number of nitrogens with one attached hydrogen (secondary N) is 1. The minimum Gasteiger partial charge on any atom is -0.493 e. The summed E-state index contributed by atoms with van der Waals surface area (Å²) in [4.78, 5) is 12.0. The molecule has 0 aliphatic rings. The van der Waals surface area contributed by atoms with Gasteiger partial charge in [0.15, 0.2) is 11.5 Å². The fraction of sp³-hybridized carbons (Fsp3) is 0.533. The van der Waals surface area contributed by atoms with Gasteiger partial charge in [0, 0.05) is 11.8 Å². The van der Waals surface area contributed by atoms with E-state index in [2.05, 4.69) is 5.32 Å². The first-order valence-corrected chi connectivity index (χ1v) is 6.68. The number of ether oxygens (including phenoxy) is 2. The predicted octanol–water partition coefficient (Wildman–Crippen LogP) is 2.32.